The smallest absolute Gasteiger partial charge is 0.100 e. The van der Waals surface area contributed by atoms with Gasteiger partial charge in [-0.2, -0.15) is 5.26 Å². The lowest BCUT2D eigenvalue weighted by molar-refractivity contribution is 1.31. The molecule has 0 fully saturated rings. The molecule has 0 saturated heterocycles. The Balaban J connectivity index is 2.94. The third-order valence-corrected chi connectivity index (χ3v) is 2.08. The minimum atomic E-state index is 0.727. The second kappa shape index (κ2) is 2.87. The van der Waals surface area contributed by atoms with Gasteiger partial charge in [-0.3, -0.25) is 4.98 Å². The van der Waals surface area contributed by atoms with Gasteiger partial charge in [-0.1, -0.05) is 18.2 Å². The van der Waals surface area contributed by atoms with Crippen molar-refractivity contribution in [2.45, 2.75) is 6.92 Å². The van der Waals surface area contributed by atoms with E-state index in [1.807, 2.05) is 31.2 Å². The SMILES string of the molecule is Cc1cnc2ccccc2c1C#N. The van der Waals surface area contributed by atoms with Crippen molar-refractivity contribution in [2.75, 3.05) is 0 Å². The van der Waals surface area contributed by atoms with E-state index in [0.29, 0.717) is 0 Å². The van der Waals surface area contributed by atoms with Gasteiger partial charge in [0, 0.05) is 11.6 Å². The molecule has 0 saturated carbocycles. The molecule has 0 bridgehead atoms. The van der Waals surface area contributed by atoms with Crippen LogP contribution in [0.15, 0.2) is 30.5 Å². The molecule has 2 aromatic rings. The van der Waals surface area contributed by atoms with Crippen LogP contribution in [-0.2, 0) is 0 Å². The lowest BCUT2D eigenvalue weighted by Crippen LogP contribution is -1.87. The Labute approximate surface area is 76.5 Å². The minimum Gasteiger partial charge on any atom is -0.256 e. The Kier molecular flexibility index (Phi) is 1.71. The maximum atomic E-state index is 8.94. The Bertz CT molecular complexity index is 495. The van der Waals surface area contributed by atoms with Gasteiger partial charge in [-0.25, -0.2) is 0 Å². The summed E-state index contributed by atoms with van der Waals surface area (Å²) in [6.45, 7) is 1.90. The number of hydrogen-bond acceptors (Lipinski definition) is 2. The molecule has 0 N–H and O–H groups in total. The Morgan fingerprint density at radius 3 is 2.85 bits per heavy atom. The zero-order chi connectivity index (χ0) is 9.26. The molecule has 2 nitrogen and oxygen atoms in total. The third-order valence-electron chi connectivity index (χ3n) is 2.08. The number of nitrogens with zero attached hydrogens (tertiary/aromatic N) is 2. The Morgan fingerprint density at radius 1 is 1.31 bits per heavy atom. The van der Waals surface area contributed by atoms with E-state index in [1.54, 1.807) is 6.20 Å². The number of pyridine rings is 1. The van der Waals surface area contributed by atoms with E-state index in [-0.39, 0.29) is 0 Å². The summed E-state index contributed by atoms with van der Waals surface area (Å²) in [6, 6.07) is 9.88. The highest BCUT2D eigenvalue weighted by molar-refractivity contribution is 5.85. The van der Waals surface area contributed by atoms with Crippen LogP contribution in [-0.4, -0.2) is 4.98 Å². The fraction of sp³-hybridized carbons (Fsp3) is 0.0909. The lowest BCUT2D eigenvalue weighted by Gasteiger charge is -2.00. The Morgan fingerprint density at radius 2 is 2.08 bits per heavy atom. The van der Waals surface area contributed by atoms with E-state index < -0.39 is 0 Å². The molecule has 0 spiro atoms. The maximum Gasteiger partial charge on any atom is 0.100 e. The first-order chi connectivity index (χ1) is 6.33. The molecular formula is C11H8N2. The molecule has 0 radical (unpaired) electrons. The van der Waals surface area contributed by atoms with E-state index in [9.17, 15) is 0 Å². The first-order valence-electron chi connectivity index (χ1n) is 4.07. The van der Waals surface area contributed by atoms with Crippen LogP contribution in [0.25, 0.3) is 10.9 Å². The second-order valence-electron chi connectivity index (χ2n) is 2.95. The van der Waals surface area contributed by atoms with Crippen molar-refractivity contribution in [3.05, 3.63) is 41.6 Å². The molecule has 13 heavy (non-hydrogen) atoms. The molecular weight excluding hydrogens is 160 g/mol. The summed E-state index contributed by atoms with van der Waals surface area (Å²) in [7, 11) is 0. The van der Waals surface area contributed by atoms with Gasteiger partial charge >= 0.3 is 0 Å². The summed E-state index contributed by atoms with van der Waals surface area (Å²) in [5.41, 5.74) is 2.54. The van der Waals surface area contributed by atoms with Crippen LogP contribution in [0, 0.1) is 18.3 Å². The number of aryl methyl sites for hydroxylation is 1. The molecule has 0 aliphatic heterocycles. The van der Waals surface area contributed by atoms with Gasteiger partial charge in [-0.05, 0) is 18.6 Å². The summed E-state index contributed by atoms with van der Waals surface area (Å²) in [6.07, 6.45) is 1.74. The molecule has 1 aromatic heterocycles. The minimum absolute atomic E-state index is 0.727. The predicted octanol–water partition coefficient (Wildman–Crippen LogP) is 2.41. The van der Waals surface area contributed by atoms with Gasteiger partial charge in [-0.15, -0.1) is 0 Å². The summed E-state index contributed by atoms with van der Waals surface area (Å²) in [5, 5.41) is 9.87. The van der Waals surface area contributed by atoms with Gasteiger partial charge in [0.05, 0.1) is 11.1 Å². The van der Waals surface area contributed by atoms with E-state index in [2.05, 4.69) is 11.1 Å². The zero-order valence-corrected chi connectivity index (χ0v) is 7.28. The largest absolute Gasteiger partial charge is 0.256 e. The molecule has 0 atom stereocenters. The quantitative estimate of drug-likeness (QED) is 0.605. The average Bonchev–Trinajstić information content (AvgIpc) is 2.18. The molecule has 2 rings (SSSR count). The van der Waals surface area contributed by atoms with Crippen LogP contribution in [0.2, 0.25) is 0 Å². The maximum absolute atomic E-state index is 8.94. The van der Waals surface area contributed by atoms with Gasteiger partial charge in [0.25, 0.3) is 0 Å². The van der Waals surface area contributed by atoms with E-state index in [4.69, 9.17) is 5.26 Å². The topological polar surface area (TPSA) is 36.7 Å². The molecule has 1 aromatic carbocycles. The van der Waals surface area contributed by atoms with Gasteiger partial charge in [0.2, 0.25) is 0 Å². The van der Waals surface area contributed by atoms with Crippen molar-refractivity contribution >= 4 is 10.9 Å². The van der Waals surface area contributed by atoms with Crippen molar-refractivity contribution in [1.29, 1.82) is 5.26 Å². The van der Waals surface area contributed by atoms with Crippen LogP contribution < -0.4 is 0 Å². The molecule has 0 aliphatic rings. The van der Waals surface area contributed by atoms with Crippen LogP contribution in [0.5, 0.6) is 0 Å². The normalized spacial score (nSPS) is 9.85. The van der Waals surface area contributed by atoms with Crippen LogP contribution in [0.4, 0.5) is 0 Å². The molecule has 0 aliphatic carbocycles. The molecule has 1 heterocycles. The lowest BCUT2D eigenvalue weighted by atomic mass is 10.1. The van der Waals surface area contributed by atoms with E-state index in [0.717, 1.165) is 22.0 Å². The number of aromatic nitrogens is 1. The van der Waals surface area contributed by atoms with Crippen molar-refractivity contribution in [1.82, 2.24) is 4.98 Å². The van der Waals surface area contributed by atoms with E-state index in [1.165, 1.54) is 0 Å². The van der Waals surface area contributed by atoms with Gasteiger partial charge in [0.15, 0.2) is 0 Å². The number of hydrogen-bond donors (Lipinski definition) is 0. The highest BCUT2D eigenvalue weighted by Crippen LogP contribution is 2.18. The third kappa shape index (κ3) is 1.15. The Hall–Kier alpha value is -1.88. The van der Waals surface area contributed by atoms with E-state index >= 15 is 0 Å². The van der Waals surface area contributed by atoms with Crippen LogP contribution in [0.1, 0.15) is 11.1 Å². The van der Waals surface area contributed by atoms with Crippen molar-refractivity contribution in [3.8, 4) is 6.07 Å². The van der Waals surface area contributed by atoms with Crippen molar-refractivity contribution in [2.24, 2.45) is 0 Å². The number of rotatable bonds is 0. The van der Waals surface area contributed by atoms with Crippen LogP contribution in [0.3, 0.4) is 0 Å². The van der Waals surface area contributed by atoms with Gasteiger partial charge in [0.1, 0.15) is 6.07 Å². The number of nitriles is 1. The first kappa shape index (κ1) is 7.75. The summed E-state index contributed by atoms with van der Waals surface area (Å²) < 4.78 is 0. The van der Waals surface area contributed by atoms with Crippen molar-refractivity contribution < 1.29 is 0 Å². The fourth-order valence-corrected chi connectivity index (χ4v) is 1.39. The molecule has 0 unspecified atom stereocenters. The van der Waals surface area contributed by atoms with Crippen molar-refractivity contribution in [3.63, 3.8) is 0 Å². The zero-order valence-electron chi connectivity index (χ0n) is 7.28. The first-order valence-corrected chi connectivity index (χ1v) is 4.07. The average molecular weight is 168 g/mol. The highest BCUT2D eigenvalue weighted by atomic mass is 14.6. The molecule has 62 valence electrons. The second-order valence-corrected chi connectivity index (χ2v) is 2.95. The summed E-state index contributed by atoms with van der Waals surface area (Å²) in [4.78, 5) is 4.24. The summed E-state index contributed by atoms with van der Waals surface area (Å²) >= 11 is 0. The molecule has 0 amide bonds. The predicted molar refractivity (Wildman–Crippen MR) is 51.2 cm³/mol. The number of benzene rings is 1. The monoisotopic (exact) mass is 168 g/mol. The van der Waals surface area contributed by atoms with Gasteiger partial charge < -0.3 is 0 Å². The number of fused-ring (bicyclic) bond motifs is 1. The number of para-hydroxylation sites is 1. The highest BCUT2D eigenvalue weighted by Gasteiger charge is 2.03. The fourth-order valence-electron chi connectivity index (χ4n) is 1.39. The molecule has 2 heteroatoms. The standard InChI is InChI=1S/C11H8N2/c1-8-7-13-11-5-3-2-4-9(11)10(8)6-12/h2-5,7H,1H3. The van der Waals surface area contributed by atoms with Crippen LogP contribution >= 0.6 is 0 Å². The summed E-state index contributed by atoms with van der Waals surface area (Å²) in [5.74, 6) is 0.